The molecule has 0 spiro atoms. The molecule has 102 valence electrons. The number of nitrogens with zero attached hydrogens (tertiary/aromatic N) is 1. The summed E-state index contributed by atoms with van der Waals surface area (Å²) in [5, 5.41) is 3.51. The molecular weight excluding hydrogens is 227 g/mol. The molecule has 0 saturated heterocycles. The largest absolute Gasteiger partial charge is 0.313 e. The number of nitrogens with one attached hydrogen (secondary N) is 1. The second-order valence-corrected chi connectivity index (χ2v) is 4.71. The fourth-order valence-electron chi connectivity index (χ4n) is 2.06. The Hall–Kier alpha value is -0.930. The van der Waals surface area contributed by atoms with E-state index in [0.29, 0.717) is 6.04 Å². The van der Waals surface area contributed by atoms with E-state index in [1.165, 1.54) is 17.7 Å². The van der Waals surface area contributed by atoms with Crippen LogP contribution in [0, 0.1) is 5.82 Å². The van der Waals surface area contributed by atoms with Crippen molar-refractivity contribution in [1.29, 1.82) is 0 Å². The highest BCUT2D eigenvalue weighted by molar-refractivity contribution is 5.16. The van der Waals surface area contributed by atoms with Gasteiger partial charge in [0.25, 0.3) is 0 Å². The Labute approximate surface area is 110 Å². The third kappa shape index (κ3) is 5.61. The second-order valence-electron chi connectivity index (χ2n) is 4.71. The molecule has 2 nitrogen and oxygen atoms in total. The molecular formula is C15H25FN2. The minimum absolute atomic E-state index is 0.166. The van der Waals surface area contributed by atoms with Crippen LogP contribution in [0.4, 0.5) is 4.39 Å². The maximum Gasteiger partial charge on any atom is 0.123 e. The first kappa shape index (κ1) is 15.1. The summed E-state index contributed by atoms with van der Waals surface area (Å²) >= 11 is 0. The van der Waals surface area contributed by atoms with Gasteiger partial charge >= 0.3 is 0 Å². The van der Waals surface area contributed by atoms with Crippen LogP contribution < -0.4 is 5.32 Å². The number of rotatable bonds is 8. The average Bonchev–Trinajstić information content (AvgIpc) is 2.37. The van der Waals surface area contributed by atoms with Gasteiger partial charge in [0.15, 0.2) is 0 Å². The quantitative estimate of drug-likeness (QED) is 0.765. The molecule has 1 unspecified atom stereocenters. The average molecular weight is 252 g/mol. The van der Waals surface area contributed by atoms with E-state index in [2.05, 4.69) is 31.0 Å². The Morgan fingerprint density at radius 3 is 2.33 bits per heavy atom. The van der Waals surface area contributed by atoms with E-state index in [1.54, 1.807) is 0 Å². The zero-order valence-corrected chi connectivity index (χ0v) is 11.7. The van der Waals surface area contributed by atoms with Crippen molar-refractivity contribution in [1.82, 2.24) is 10.2 Å². The summed E-state index contributed by atoms with van der Waals surface area (Å²) in [6.45, 7) is 10.8. The standard InChI is InChI=1S/C15H25FN2/c1-4-18(5-2)11-10-17-13(3)12-14-6-8-15(16)9-7-14/h6-9,13,17H,4-5,10-12H2,1-3H3. The molecule has 18 heavy (non-hydrogen) atoms. The first-order valence-electron chi connectivity index (χ1n) is 6.85. The van der Waals surface area contributed by atoms with Crippen molar-refractivity contribution in [2.24, 2.45) is 0 Å². The molecule has 0 aliphatic rings. The Morgan fingerprint density at radius 2 is 1.78 bits per heavy atom. The monoisotopic (exact) mass is 252 g/mol. The van der Waals surface area contributed by atoms with Crippen LogP contribution in [0.1, 0.15) is 26.3 Å². The maximum atomic E-state index is 12.8. The Bertz CT molecular complexity index is 320. The number of likely N-dealkylation sites (N-methyl/N-ethyl adjacent to an activating group) is 1. The molecule has 3 heteroatoms. The fourth-order valence-corrected chi connectivity index (χ4v) is 2.06. The van der Waals surface area contributed by atoms with Crippen LogP contribution in [0.25, 0.3) is 0 Å². The van der Waals surface area contributed by atoms with E-state index in [4.69, 9.17) is 0 Å². The zero-order valence-electron chi connectivity index (χ0n) is 11.7. The van der Waals surface area contributed by atoms with Gasteiger partial charge in [0, 0.05) is 19.1 Å². The van der Waals surface area contributed by atoms with E-state index in [-0.39, 0.29) is 5.82 Å². The van der Waals surface area contributed by atoms with Gasteiger partial charge in [0.2, 0.25) is 0 Å². The highest BCUT2D eigenvalue weighted by Gasteiger charge is 2.04. The lowest BCUT2D eigenvalue weighted by molar-refractivity contribution is 0.297. The van der Waals surface area contributed by atoms with Crippen LogP contribution in [0.5, 0.6) is 0 Å². The predicted molar refractivity (Wildman–Crippen MR) is 75.4 cm³/mol. The molecule has 0 aliphatic carbocycles. The van der Waals surface area contributed by atoms with Crippen molar-refractivity contribution in [2.45, 2.75) is 33.2 Å². The molecule has 0 saturated carbocycles. The molecule has 0 amide bonds. The van der Waals surface area contributed by atoms with Gasteiger partial charge in [-0.2, -0.15) is 0 Å². The van der Waals surface area contributed by atoms with Crippen molar-refractivity contribution >= 4 is 0 Å². The van der Waals surface area contributed by atoms with Crippen LogP contribution in [0.15, 0.2) is 24.3 Å². The smallest absolute Gasteiger partial charge is 0.123 e. The summed E-state index contributed by atoms with van der Waals surface area (Å²) in [6, 6.07) is 7.19. The predicted octanol–water partition coefficient (Wildman–Crippen LogP) is 2.69. The van der Waals surface area contributed by atoms with E-state index in [0.717, 1.165) is 32.6 Å². The fraction of sp³-hybridized carbons (Fsp3) is 0.600. The van der Waals surface area contributed by atoms with E-state index < -0.39 is 0 Å². The lowest BCUT2D eigenvalue weighted by Gasteiger charge is -2.20. The summed E-state index contributed by atoms with van der Waals surface area (Å²) in [5.41, 5.74) is 1.18. The first-order chi connectivity index (χ1) is 8.65. The van der Waals surface area contributed by atoms with Crippen molar-refractivity contribution < 1.29 is 4.39 Å². The van der Waals surface area contributed by atoms with Crippen molar-refractivity contribution in [3.63, 3.8) is 0 Å². The van der Waals surface area contributed by atoms with Crippen LogP contribution >= 0.6 is 0 Å². The molecule has 1 rings (SSSR count). The van der Waals surface area contributed by atoms with Gasteiger partial charge in [-0.15, -0.1) is 0 Å². The van der Waals surface area contributed by atoms with Gasteiger partial charge in [0.05, 0.1) is 0 Å². The van der Waals surface area contributed by atoms with E-state index in [9.17, 15) is 4.39 Å². The zero-order chi connectivity index (χ0) is 13.4. The number of hydrogen-bond donors (Lipinski definition) is 1. The highest BCUT2D eigenvalue weighted by Crippen LogP contribution is 2.05. The van der Waals surface area contributed by atoms with Gasteiger partial charge in [-0.3, -0.25) is 0 Å². The Balaban J connectivity index is 2.25. The number of benzene rings is 1. The summed E-state index contributed by atoms with van der Waals surface area (Å²) in [7, 11) is 0. The summed E-state index contributed by atoms with van der Waals surface area (Å²) < 4.78 is 12.8. The molecule has 0 heterocycles. The maximum absolute atomic E-state index is 12.8. The van der Waals surface area contributed by atoms with Gasteiger partial charge in [-0.1, -0.05) is 26.0 Å². The minimum atomic E-state index is -0.166. The lowest BCUT2D eigenvalue weighted by Crippen LogP contribution is -2.36. The molecule has 0 fully saturated rings. The highest BCUT2D eigenvalue weighted by atomic mass is 19.1. The normalized spacial score (nSPS) is 12.9. The topological polar surface area (TPSA) is 15.3 Å². The van der Waals surface area contributed by atoms with E-state index >= 15 is 0 Å². The molecule has 1 N–H and O–H groups in total. The molecule has 0 aliphatic heterocycles. The van der Waals surface area contributed by atoms with E-state index in [1.807, 2.05) is 12.1 Å². The SMILES string of the molecule is CCN(CC)CCNC(C)Cc1ccc(F)cc1. The van der Waals surface area contributed by atoms with Crippen LogP contribution in [-0.2, 0) is 6.42 Å². The minimum Gasteiger partial charge on any atom is -0.313 e. The lowest BCUT2D eigenvalue weighted by atomic mass is 10.1. The van der Waals surface area contributed by atoms with Crippen molar-refractivity contribution in [2.75, 3.05) is 26.2 Å². The molecule has 1 aromatic carbocycles. The Kier molecular flexibility index (Phi) is 6.91. The van der Waals surface area contributed by atoms with Gasteiger partial charge in [0.1, 0.15) is 5.82 Å². The number of hydrogen-bond acceptors (Lipinski definition) is 2. The van der Waals surface area contributed by atoms with Gasteiger partial charge < -0.3 is 10.2 Å². The van der Waals surface area contributed by atoms with Crippen LogP contribution in [0.2, 0.25) is 0 Å². The first-order valence-corrected chi connectivity index (χ1v) is 6.85. The molecule has 0 radical (unpaired) electrons. The molecule has 1 aromatic rings. The molecule has 0 bridgehead atoms. The summed E-state index contributed by atoms with van der Waals surface area (Å²) in [4.78, 5) is 2.40. The summed E-state index contributed by atoms with van der Waals surface area (Å²) in [5.74, 6) is -0.166. The number of halogens is 1. The third-order valence-corrected chi connectivity index (χ3v) is 3.27. The molecule has 0 aromatic heterocycles. The molecule has 1 atom stereocenters. The van der Waals surface area contributed by atoms with Gasteiger partial charge in [-0.25, -0.2) is 4.39 Å². The summed E-state index contributed by atoms with van der Waals surface area (Å²) in [6.07, 6.45) is 0.943. The van der Waals surface area contributed by atoms with Crippen molar-refractivity contribution in [3.05, 3.63) is 35.6 Å². The van der Waals surface area contributed by atoms with Gasteiger partial charge in [-0.05, 0) is 44.1 Å². The Morgan fingerprint density at radius 1 is 1.17 bits per heavy atom. The third-order valence-electron chi connectivity index (χ3n) is 3.27. The van der Waals surface area contributed by atoms with Crippen LogP contribution in [-0.4, -0.2) is 37.1 Å². The van der Waals surface area contributed by atoms with Crippen LogP contribution in [0.3, 0.4) is 0 Å². The second kappa shape index (κ2) is 8.22. The van der Waals surface area contributed by atoms with Crippen molar-refractivity contribution in [3.8, 4) is 0 Å².